The third-order valence-electron chi connectivity index (χ3n) is 7.95. The molecule has 0 saturated heterocycles. The molecule has 0 radical (unpaired) electrons. The van der Waals surface area contributed by atoms with E-state index in [-0.39, 0.29) is 5.91 Å². The van der Waals surface area contributed by atoms with Gasteiger partial charge >= 0.3 is 0 Å². The summed E-state index contributed by atoms with van der Waals surface area (Å²) >= 11 is 12.1. The number of benzene rings is 4. The maximum atomic E-state index is 13.1. The Morgan fingerprint density at radius 3 is 1.93 bits per heavy atom. The second-order valence-electron chi connectivity index (χ2n) is 11.2. The first-order valence-electron chi connectivity index (χ1n) is 15.7. The van der Waals surface area contributed by atoms with E-state index in [1.54, 1.807) is 6.07 Å². The van der Waals surface area contributed by atoms with Gasteiger partial charge in [-0.15, -0.1) is 0 Å². The van der Waals surface area contributed by atoms with E-state index in [9.17, 15) is 4.79 Å². The fourth-order valence-electron chi connectivity index (χ4n) is 5.81. The molecule has 5 heteroatoms. The van der Waals surface area contributed by atoms with Crippen molar-refractivity contribution in [2.24, 2.45) is 0 Å². The number of amides is 1. The smallest absolute Gasteiger partial charge is 0.254 e. The van der Waals surface area contributed by atoms with Gasteiger partial charge in [0, 0.05) is 43.3 Å². The highest BCUT2D eigenvalue weighted by Gasteiger charge is 2.25. The van der Waals surface area contributed by atoms with Crippen molar-refractivity contribution in [3.63, 3.8) is 0 Å². The van der Waals surface area contributed by atoms with Gasteiger partial charge in [0.2, 0.25) is 0 Å². The lowest BCUT2D eigenvalue weighted by molar-refractivity contribution is 0.0727. The zero-order chi connectivity index (χ0) is 30.6. The molecule has 0 aromatic heterocycles. The van der Waals surface area contributed by atoms with Gasteiger partial charge in [0.25, 0.3) is 5.91 Å². The van der Waals surface area contributed by atoms with E-state index in [0.717, 1.165) is 61.3 Å². The molecule has 0 bridgehead atoms. The van der Waals surface area contributed by atoms with Gasteiger partial charge in [-0.1, -0.05) is 123 Å². The third kappa shape index (κ3) is 8.87. The molecule has 226 valence electrons. The summed E-state index contributed by atoms with van der Waals surface area (Å²) in [6.07, 6.45) is 5.50. The van der Waals surface area contributed by atoms with E-state index >= 15 is 0 Å². The van der Waals surface area contributed by atoms with Crippen LogP contribution < -0.4 is 4.90 Å². The first-order chi connectivity index (χ1) is 20.9. The van der Waals surface area contributed by atoms with Crippen LogP contribution in [-0.4, -0.2) is 30.4 Å². The van der Waals surface area contributed by atoms with Gasteiger partial charge in [-0.05, 0) is 72.2 Å². The molecule has 1 amide bonds. The Balaban J connectivity index is 0.000000225. The molecule has 0 fully saturated rings. The molecule has 0 aliphatic carbocycles. The lowest BCUT2D eigenvalue weighted by Crippen LogP contribution is -2.37. The molecule has 0 N–H and O–H groups in total. The average Bonchev–Trinajstić information content (AvgIpc) is 3.04. The maximum absolute atomic E-state index is 13.1. The summed E-state index contributed by atoms with van der Waals surface area (Å²) in [4.78, 5) is 17.4. The van der Waals surface area contributed by atoms with E-state index in [1.807, 2.05) is 17.0 Å². The SMILES string of the molecule is CCCC(c1ccccc1)c1ccccc1.CCCN(CCC)c1ccc2c(c1)C(=O)N(Cc1ccc(Cl)c(Cl)c1)CC2. The zero-order valence-electron chi connectivity index (χ0n) is 25.7. The Bertz CT molecular complexity index is 1400. The number of hydrogen-bond acceptors (Lipinski definition) is 2. The molecule has 1 aliphatic heterocycles. The predicted octanol–water partition coefficient (Wildman–Crippen LogP) is 10.4. The van der Waals surface area contributed by atoms with Crippen molar-refractivity contribution in [3.8, 4) is 0 Å². The fraction of sp³-hybridized carbons (Fsp3) is 0.342. The molecule has 0 spiro atoms. The largest absolute Gasteiger partial charge is 0.372 e. The maximum Gasteiger partial charge on any atom is 0.254 e. The van der Waals surface area contributed by atoms with E-state index < -0.39 is 0 Å². The molecule has 1 heterocycles. The first kappa shape index (κ1) is 32.6. The summed E-state index contributed by atoms with van der Waals surface area (Å²) in [5.41, 5.74) is 6.96. The van der Waals surface area contributed by atoms with Crippen LogP contribution in [0.2, 0.25) is 10.0 Å². The number of carbonyl (C=O) groups excluding carboxylic acids is 1. The van der Waals surface area contributed by atoms with Crippen molar-refractivity contribution in [2.45, 2.75) is 65.3 Å². The Morgan fingerprint density at radius 2 is 1.37 bits per heavy atom. The van der Waals surface area contributed by atoms with Crippen molar-refractivity contribution in [1.29, 1.82) is 0 Å². The number of anilines is 1. The van der Waals surface area contributed by atoms with Crippen LogP contribution in [0.15, 0.2) is 97.1 Å². The molecule has 0 saturated carbocycles. The minimum Gasteiger partial charge on any atom is -0.372 e. The second-order valence-corrected chi connectivity index (χ2v) is 12.0. The van der Waals surface area contributed by atoms with E-state index in [4.69, 9.17) is 23.2 Å². The molecular formula is C38H44Cl2N2O. The van der Waals surface area contributed by atoms with Gasteiger partial charge in [-0.25, -0.2) is 0 Å². The first-order valence-corrected chi connectivity index (χ1v) is 16.4. The number of nitrogens with zero attached hydrogens (tertiary/aromatic N) is 2. The highest BCUT2D eigenvalue weighted by Crippen LogP contribution is 2.29. The van der Waals surface area contributed by atoms with Crippen LogP contribution in [0.3, 0.4) is 0 Å². The Kier molecular flexibility index (Phi) is 12.6. The van der Waals surface area contributed by atoms with E-state index in [0.29, 0.717) is 22.5 Å². The van der Waals surface area contributed by atoms with Crippen LogP contribution in [0.25, 0.3) is 0 Å². The normalized spacial score (nSPS) is 12.5. The van der Waals surface area contributed by atoms with Crippen LogP contribution >= 0.6 is 23.2 Å². The quantitative estimate of drug-likeness (QED) is 0.168. The zero-order valence-corrected chi connectivity index (χ0v) is 27.2. The van der Waals surface area contributed by atoms with E-state index in [1.165, 1.54) is 24.0 Å². The monoisotopic (exact) mass is 614 g/mol. The van der Waals surface area contributed by atoms with Gasteiger partial charge in [0.1, 0.15) is 0 Å². The summed E-state index contributed by atoms with van der Waals surface area (Å²) in [6, 6.07) is 33.5. The number of rotatable bonds is 11. The van der Waals surface area contributed by atoms with Crippen LogP contribution in [0.4, 0.5) is 5.69 Å². The Labute approximate surface area is 268 Å². The van der Waals surface area contributed by atoms with Crippen molar-refractivity contribution in [1.82, 2.24) is 4.90 Å². The Hall–Kier alpha value is -3.27. The summed E-state index contributed by atoms with van der Waals surface area (Å²) in [7, 11) is 0. The van der Waals surface area contributed by atoms with E-state index in [2.05, 4.69) is 105 Å². The topological polar surface area (TPSA) is 23.6 Å². The van der Waals surface area contributed by atoms with Crippen molar-refractivity contribution >= 4 is 34.8 Å². The van der Waals surface area contributed by atoms with Crippen molar-refractivity contribution < 1.29 is 4.79 Å². The number of hydrogen-bond donors (Lipinski definition) is 0. The molecular weight excluding hydrogens is 571 g/mol. The lowest BCUT2D eigenvalue weighted by atomic mass is 9.88. The number of fused-ring (bicyclic) bond motifs is 1. The highest BCUT2D eigenvalue weighted by atomic mass is 35.5. The van der Waals surface area contributed by atoms with Gasteiger partial charge in [-0.3, -0.25) is 4.79 Å². The van der Waals surface area contributed by atoms with Crippen LogP contribution in [0.1, 0.15) is 85.0 Å². The Morgan fingerprint density at radius 1 is 0.744 bits per heavy atom. The molecule has 0 atom stereocenters. The molecule has 43 heavy (non-hydrogen) atoms. The summed E-state index contributed by atoms with van der Waals surface area (Å²) < 4.78 is 0. The van der Waals surface area contributed by atoms with Gasteiger partial charge in [0.15, 0.2) is 0 Å². The van der Waals surface area contributed by atoms with Crippen molar-refractivity contribution in [2.75, 3.05) is 24.5 Å². The predicted molar refractivity (Wildman–Crippen MR) is 184 cm³/mol. The minimum atomic E-state index is 0.0946. The molecule has 1 aliphatic rings. The highest BCUT2D eigenvalue weighted by molar-refractivity contribution is 6.42. The average molecular weight is 616 g/mol. The second kappa shape index (κ2) is 16.5. The molecule has 0 unspecified atom stereocenters. The van der Waals surface area contributed by atoms with Crippen LogP contribution in [-0.2, 0) is 13.0 Å². The van der Waals surface area contributed by atoms with Crippen molar-refractivity contribution in [3.05, 3.63) is 135 Å². The minimum absolute atomic E-state index is 0.0946. The summed E-state index contributed by atoms with van der Waals surface area (Å²) in [5.74, 6) is 0.643. The third-order valence-corrected chi connectivity index (χ3v) is 8.69. The fourth-order valence-corrected chi connectivity index (χ4v) is 6.13. The molecule has 3 nitrogen and oxygen atoms in total. The standard InChI is InChI=1S/C22H26Cl2N2O.C16H18/c1-3-10-25(11-4-2)18-7-6-17-9-12-26(22(27)19(17)14-18)15-16-5-8-20(23)21(24)13-16;1-2-9-16(14-10-5-3-6-11-14)15-12-7-4-8-13-15/h5-8,13-14H,3-4,9-12,15H2,1-2H3;3-8,10-13,16H,2,9H2,1H3. The molecule has 4 aromatic carbocycles. The summed E-state index contributed by atoms with van der Waals surface area (Å²) in [5, 5.41) is 1.06. The molecule has 5 rings (SSSR count). The lowest BCUT2D eigenvalue weighted by Gasteiger charge is -2.31. The van der Waals surface area contributed by atoms with Gasteiger partial charge in [-0.2, -0.15) is 0 Å². The van der Waals surface area contributed by atoms with Gasteiger partial charge in [0.05, 0.1) is 10.0 Å². The summed E-state index contributed by atoms with van der Waals surface area (Å²) in [6.45, 7) is 9.91. The van der Waals surface area contributed by atoms with Crippen LogP contribution in [0.5, 0.6) is 0 Å². The molecule has 4 aromatic rings. The number of carbonyl (C=O) groups is 1. The van der Waals surface area contributed by atoms with Crippen LogP contribution in [0, 0.1) is 0 Å². The van der Waals surface area contributed by atoms with Gasteiger partial charge < -0.3 is 9.80 Å². The number of halogens is 2.